The number of hydrogen-bond donors (Lipinski definition) is 5. The number of aliphatic hydroxyl groups excluding tert-OH is 3. The van der Waals surface area contributed by atoms with Crippen molar-refractivity contribution in [2.24, 2.45) is 0 Å². The molecule has 0 aromatic heterocycles. The predicted octanol–water partition coefficient (Wildman–Crippen LogP) is -2.86. The molecule has 6 atom stereocenters. The third kappa shape index (κ3) is 2.79. The molecule has 9 heteroatoms. The number of carbonyl (C=O) groups is 1. The molecule has 4 saturated heterocycles. The molecule has 5 N–H and O–H groups in total. The number of aliphatic hydroxyl groups is 3. The van der Waals surface area contributed by atoms with E-state index in [1.54, 1.807) is 0 Å². The van der Waals surface area contributed by atoms with E-state index in [4.69, 9.17) is 4.74 Å². The number of nitrogens with zero attached hydrogens (tertiary/aromatic N) is 2. The summed E-state index contributed by atoms with van der Waals surface area (Å²) in [5.41, 5.74) is 0. The molecule has 140 valence electrons. The van der Waals surface area contributed by atoms with Crippen LogP contribution in [0.5, 0.6) is 0 Å². The fourth-order valence-corrected chi connectivity index (χ4v) is 4.41. The summed E-state index contributed by atoms with van der Waals surface area (Å²) in [6.45, 7) is 1.98. The van der Waals surface area contributed by atoms with E-state index < -0.39 is 30.6 Å². The molecule has 0 aliphatic carbocycles. The smallest absolute Gasteiger partial charge is 0.351 e. The summed E-state index contributed by atoms with van der Waals surface area (Å²) in [6, 6.07) is -0.540. The highest BCUT2D eigenvalue weighted by atomic mass is 16.6. The van der Waals surface area contributed by atoms with Crippen molar-refractivity contribution in [3.8, 4) is 0 Å². The van der Waals surface area contributed by atoms with Crippen molar-refractivity contribution in [3.05, 3.63) is 0 Å². The topological polar surface area (TPSA) is 117 Å². The monoisotopic (exact) mass is 355 g/mol. The van der Waals surface area contributed by atoms with E-state index in [1.165, 1.54) is 6.42 Å². The van der Waals surface area contributed by atoms with Crippen LogP contribution in [0.2, 0.25) is 0 Å². The SMILES string of the molecule is O=C1NCC[C@@H]2[C@H]1NC(=[N+]1CCCCC1)N2[C@H]1O[C@H](CO)[C@@H](O)[C@@H]1O. The Hall–Kier alpha value is -1.42. The number of carbonyl (C=O) groups excluding carboxylic acids is 1. The Morgan fingerprint density at radius 1 is 1.20 bits per heavy atom. The van der Waals surface area contributed by atoms with Gasteiger partial charge in [-0.3, -0.25) is 14.7 Å². The largest absolute Gasteiger partial charge is 0.394 e. The van der Waals surface area contributed by atoms with Crippen molar-refractivity contribution < 1.29 is 29.4 Å². The Balaban J connectivity index is 1.69. The Kier molecular flexibility index (Phi) is 4.57. The molecule has 0 unspecified atom stereocenters. The maximum atomic E-state index is 12.3. The molecule has 0 aromatic carbocycles. The summed E-state index contributed by atoms with van der Waals surface area (Å²) < 4.78 is 7.98. The lowest BCUT2D eigenvalue weighted by Crippen LogP contribution is -2.56. The number of guanidine groups is 1. The Bertz CT molecular complexity index is 563. The lowest BCUT2D eigenvalue weighted by molar-refractivity contribution is -0.544. The van der Waals surface area contributed by atoms with Crippen molar-refractivity contribution >= 4 is 11.9 Å². The van der Waals surface area contributed by atoms with Crippen LogP contribution in [0, 0.1) is 0 Å². The molecular weight excluding hydrogens is 328 g/mol. The number of fused-ring (bicyclic) bond motifs is 1. The quantitative estimate of drug-likeness (QED) is 0.338. The highest BCUT2D eigenvalue weighted by Crippen LogP contribution is 2.31. The summed E-state index contributed by atoms with van der Waals surface area (Å²) >= 11 is 0. The molecule has 0 spiro atoms. The van der Waals surface area contributed by atoms with Crippen LogP contribution in [0.15, 0.2) is 0 Å². The van der Waals surface area contributed by atoms with E-state index in [0.717, 1.165) is 38.3 Å². The van der Waals surface area contributed by atoms with Crippen LogP contribution < -0.4 is 10.6 Å². The van der Waals surface area contributed by atoms with Gasteiger partial charge in [0, 0.05) is 13.0 Å². The van der Waals surface area contributed by atoms with Gasteiger partial charge in [-0.25, -0.2) is 4.90 Å². The molecule has 0 aromatic rings. The average Bonchev–Trinajstić information content (AvgIpc) is 3.15. The first kappa shape index (κ1) is 17.0. The van der Waals surface area contributed by atoms with Gasteiger partial charge in [0.05, 0.1) is 19.7 Å². The number of rotatable bonds is 2. The van der Waals surface area contributed by atoms with E-state index >= 15 is 0 Å². The Labute approximate surface area is 146 Å². The molecule has 25 heavy (non-hydrogen) atoms. The second-order valence-corrected chi connectivity index (χ2v) is 7.28. The highest BCUT2D eigenvalue weighted by Gasteiger charge is 2.59. The van der Waals surface area contributed by atoms with Crippen molar-refractivity contribution in [1.82, 2.24) is 15.5 Å². The summed E-state index contributed by atoms with van der Waals surface area (Å²) in [4.78, 5) is 14.2. The van der Waals surface area contributed by atoms with Gasteiger partial charge < -0.3 is 25.4 Å². The van der Waals surface area contributed by atoms with Crippen LogP contribution in [-0.4, -0.2) is 99.5 Å². The van der Waals surface area contributed by atoms with Crippen molar-refractivity contribution in [3.63, 3.8) is 0 Å². The van der Waals surface area contributed by atoms with Gasteiger partial charge in [-0.15, -0.1) is 0 Å². The molecule has 0 radical (unpaired) electrons. The molecule has 1 amide bonds. The standard InChI is InChI=1S/C16H26N4O5/c21-8-10-12(22)13(23)15(25-10)20-9-4-5-17-14(24)11(9)18-16(20)19-6-2-1-3-7-19/h9-13,15,21-23H,1-8H2,(H,17,24)/p+1/t9-,10-,11-,12-,13+,15+/m1/s1. The lowest BCUT2D eigenvalue weighted by atomic mass is 10.00. The maximum Gasteiger partial charge on any atom is 0.351 e. The Morgan fingerprint density at radius 3 is 2.64 bits per heavy atom. The minimum atomic E-state index is -1.14. The van der Waals surface area contributed by atoms with E-state index in [0.29, 0.717) is 6.54 Å². The average molecular weight is 355 g/mol. The van der Waals surface area contributed by atoms with Crippen LogP contribution >= 0.6 is 0 Å². The van der Waals surface area contributed by atoms with Gasteiger partial charge in [-0.1, -0.05) is 0 Å². The fraction of sp³-hybridized carbons (Fsp3) is 0.875. The third-order valence-corrected chi connectivity index (χ3v) is 5.74. The summed E-state index contributed by atoms with van der Waals surface area (Å²) in [6.07, 6.45) is 0.193. The van der Waals surface area contributed by atoms with Gasteiger partial charge in [-0.05, 0) is 19.3 Å². The van der Waals surface area contributed by atoms with Crippen LogP contribution in [0.25, 0.3) is 0 Å². The molecule has 0 bridgehead atoms. The number of amides is 1. The third-order valence-electron chi connectivity index (χ3n) is 5.74. The molecule has 4 rings (SSSR count). The number of piperidine rings is 2. The first-order valence-electron chi connectivity index (χ1n) is 9.18. The zero-order chi connectivity index (χ0) is 17.6. The predicted molar refractivity (Wildman–Crippen MR) is 86.8 cm³/mol. The van der Waals surface area contributed by atoms with E-state index in [1.807, 2.05) is 4.90 Å². The van der Waals surface area contributed by atoms with Crippen molar-refractivity contribution in [1.29, 1.82) is 0 Å². The fourth-order valence-electron chi connectivity index (χ4n) is 4.41. The normalized spacial score (nSPS) is 41.6. The second-order valence-electron chi connectivity index (χ2n) is 7.28. The summed E-state index contributed by atoms with van der Waals surface area (Å²) in [7, 11) is 0. The van der Waals surface area contributed by atoms with E-state index in [2.05, 4.69) is 15.2 Å². The number of nitrogens with one attached hydrogen (secondary N) is 2. The maximum absolute atomic E-state index is 12.3. The minimum Gasteiger partial charge on any atom is -0.394 e. The molecule has 4 aliphatic rings. The van der Waals surface area contributed by atoms with Gasteiger partial charge in [0.1, 0.15) is 24.4 Å². The van der Waals surface area contributed by atoms with Crippen LogP contribution in [0.4, 0.5) is 0 Å². The number of hydrogen-bond acceptors (Lipinski definition) is 5. The molecule has 4 fully saturated rings. The number of ether oxygens (including phenoxy) is 1. The van der Waals surface area contributed by atoms with Gasteiger partial charge in [0.2, 0.25) is 6.23 Å². The summed E-state index contributed by atoms with van der Waals surface area (Å²) in [5.74, 6) is 0.738. The van der Waals surface area contributed by atoms with Gasteiger partial charge in [0.25, 0.3) is 5.91 Å². The molecular formula is C16H27N4O5+. The minimum absolute atomic E-state index is 0.0556. The zero-order valence-corrected chi connectivity index (χ0v) is 14.2. The van der Waals surface area contributed by atoms with Gasteiger partial charge in [-0.2, -0.15) is 0 Å². The van der Waals surface area contributed by atoms with E-state index in [-0.39, 0.29) is 18.6 Å². The van der Waals surface area contributed by atoms with E-state index in [9.17, 15) is 20.1 Å². The zero-order valence-electron chi connectivity index (χ0n) is 14.2. The van der Waals surface area contributed by atoms with Crippen molar-refractivity contribution in [2.75, 3.05) is 26.2 Å². The first-order chi connectivity index (χ1) is 12.1. The molecule has 0 saturated carbocycles. The molecule has 4 aliphatic heterocycles. The van der Waals surface area contributed by atoms with Gasteiger partial charge >= 0.3 is 5.96 Å². The van der Waals surface area contributed by atoms with Crippen LogP contribution in [0.1, 0.15) is 25.7 Å². The molecule has 9 nitrogen and oxygen atoms in total. The van der Waals surface area contributed by atoms with Crippen molar-refractivity contribution in [2.45, 2.75) is 62.3 Å². The summed E-state index contributed by atoms with van der Waals surface area (Å²) in [5, 5.41) is 36.2. The highest BCUT2D eigenvalue weighted by molar-refractivity contribution is 5.92. The Morgan fingerprint density at radius 2 is 1.96 bits per heavy atom. The second kappa shape index (κ2) is 6.71. The van der Waals surface area contributed by atoms with Crippen LogP contribution in [0.3, 0.4) is 0 Å². The van der Waals surface area contributed by atoms with Gasteiger partial charge in [0.15, 0.2) is 6.04 Å². The first-order valence-corrected chi connectivity index (χ1v) is 9.18. The molecule has 4 heterocycles. The lowest BCUT2D eigenvalue weighted by Gasteiger charge is -2.31. The van der Waals surface area contributed by atoms with Crippen LogP contribution in [-0.2, 0) is 9.53 Å².